The molecule has 0 aliphatic carbocycles. The summed E-state index contributed by atoms with van der Waals surface area (Å²) in [6, 6.07) is 2.37. The van der Waals surface area contributed by atoms with E-state index in [1.165, 1.54) is 20.9 Å². The molecule has 0 bridgehead atoms. The lowest BCUT2D eigenvalue weighted by molar-refractivity contribution is -0.388. The van der Waals surface area contributed by atoms with Gasteiger partial charge in [-0.25, -0.2) is 4.79 Å². The molecule has 1 aromatic carbocycles. The third-order valence-corrected chi connectivity index (χ3v) is 3.23. The van der Waals surface area contributed by atoms with Crippen LogP contribution in [0, 0.1) is 10.1 Å². The monoisotopic (exact) mass is 306 g/mol. The fourth-order valence-electron chi connectivity index (χ4n) is 1.59. The van der Waals surface area contributed by atoms with Crippen molar-refractivity contribution < 1.29 is 28.0 Å². The molecule has 9 heteroatoms. The van der Waals surface area contributed by atoms with E-state index >= 15 is 0 Å². The topological polar surface area (TPSA) is 83.7 Å². The van der Waals surface area contributed by atoms with E-state index < -0.39 is 33.9 Å². The quantitative estimate of drug-likeness (QED) is 0.683. The van der Waals surface area contributed by atoms with E-state index in [4.69, 9.17) is 5.11 Å². The molecule has 0 atom stereocenters. The zero-order chi connectivity index (χ0) is 16.6. The minimum Gasteiger partial charge on any atom is -0.480 e. The summed E-state index contributed by atoms with van der Waals surface area (Å²) in [5, 5.41) is 19.7. The first-order valence-electron chi connectivity index (χ1n) is 5.72. The fourth-order valence-corrected chi connectivity index (χ4v) is 1.59. The van der Waals surface area contributed by atoms with Gasteiger partial charge in [0.1, 0.15) is 11.1 Å². The SMILES string of the molecule is CN(c1ccc([N+](=O)[O-])c(C(F)(F)F)c1)C(C)(C)C(=O)O. The van der Waals surface area contributed by atoms with Gasteiger partial charge >= 0.3 is 12.1 Å². The summed E-state index contributed by atoms with van der Waals surface area (Å²) >= 11 is 0. The number of benzene rings is 1. The first-order chi connectivity index (χ1) is 9.39. The predicted molar refractivity (Wildman–Crippen MR) is 68.2 cm³/mol. The largest absolute Gasteiger partial charge is 0.480 e. The summed E-state index contributed by atoms with van der Waals surface area (Å²) in [6.45, 7) is 2.62. The highest BCUT2D eigenvalue weighted by molar-refractivity contribution is 5.82. The lowest BCUT2D eigenvalue weighted by Crippen LogP contribution is -2.48. The van der Waals surface area contributed by atoms with Crippen molar-refractivity contribution in [1.29, 1.82) is 0 Å². The number of carbonyl (C=O) groups is 1. The molecule has 0 spiro atoms. The number of nitro groups is 1. The predicted octanol–water partition coefficient (Wildman–Crippen LogP) is 2.91. The number of hydrogen-bond acceptors (Lipinski definition) is 4. The van der Waals surface area contributed by atoms with Crippen molar-refractivity contribution in [3.05, 3.63) is 33.9 Å². The molecule has 1 N–H and O–H groups in total. The Hall–Kier alpha value is -2.32. The zero-order valence-corrected chi connectivity index (χ0v) is 11.4. The maximum atomic E-state index is 12.9. The number of nitro benzene ring substituents is 1. The molecule has 0 saturated heterocycles. The molecule has 0 aliphatic heterocycles. The lowest BCUT2D eigenvalue weighted by Gasteiger charge is -2.33. The molecule has 116 valence electrons. The van der Waals surface area contributed by atoms with Crippen molar-refractivity contribution >= 4 is 17.3 Å². The van der Waals surface area contributed by atoms with Gasteiger partial charge in [-0.15, -0.1) is 0 Å². The van der Waals surface area contributed by atoms with Crippen LogP contribution in [-0.4, -0.2) is 28.6 Å². The van der Waals surface area contributed by atoms with Crippen LogP contribution in [-0.2, 0) is 11.0 Å². The van der Waals surface area contributed by atoms with Crippen molar-refractivity contribution in [2.45, 2.75) is 25.6 Å². The van der Waals surface area contributed by atoms with Crippen LogP contribution < -0.4 is 4.90 Å². The summed E-state index contributed by atoms with van der Waals surface area (Å²) in [5.74, 6) is -1.24. The van der Waals surface area contributed by atoms with Crippen LogP contribution in [0.3, 0.4) is 0 Å². The summed E-state index contributed by atoms with van der Waals surface area (Å²) in [6.07, 6.45) is -4.91. The smallest absolute Gasteiger partial charge is 0.423 e. The van der Waals surface area contributed by atoms with Gasteiger partial charge in [-0.3, -0.25) is 10.1 Å². The lowest BCUT2D eigenvalue weighted by atomic mass is 10.0. The molecule has 0 fully saturated rings. The normalized spacial score (nSPS) is 12.1. The second-order valence-corrected chi connectivity index (χ2v) is 4.88. The van der Waals surface area contributed by atoms with Gasteiger partial charge in [0.15, 0.2) is 0 Å². The van der Waals surface area contributed by atoms with Gasteiger partial charge in [0.05, 0.1) is 4.92 Å². The van der Waals surface area contributed by atoms with Crippen molar-refractivity contribution in [3.8, 4) is 0 Å². The number of nitrogens with zero attached hydrogens (tertiary/aromatic N) is 2. The van der Waals surface area contributed by atoms with Crippen molar-refractivity contribution in [2.24, 2.45) is 0 Å². The van der Waals surface area contributed by atoms with Gasteiger partial charge in [0.25, 0.3) is 5.69 Å². The van der Waals surface area contributed by atoms with Gasteiger partial charge in [-0.1, -0.05) is 0 Å². The van der Waals surface area contributed by atoms with E-state index in [0.717, 1.165) is 11.0 Å². The van der Waals surface area contributed by atoms with Gasteiger partial charge in [-0.2, -0.15) is 13.2 Å². The Kier molecular flexibility index (Phi) is 4.16. The van der Waals surface area contributed by atoms with E-state index in [2.05, 4.69) is 0 Å². The van der Waals surface area contributed by atoms with E-state index in [-0.39, 0.29) is 5.69 Å². The molecular weight excluding hydrogens is 293 g/mol. The van der Waals surface area contributed by atoms with E-state index in [1.807, 2.05) is 0 Å². The summed E-state index contributed by atoms with van der Waals surface area (Å²) in [7, 11) is 1.30. The highest BCUT2D eigenvalue weighted by atomic mass is 19.4. The maximum Gasteiger partial charge on any atom is 0.423 e. The van der Waals surface area contributed by atoms with Crippen molar-refractivity contribution in [3.63, 3.8) is 0 Å². The highest BCUT2D eigenvalue weighted by Gasteiger charge is 2.40. The number of carboxylic acids is 1. The number of carboxylic acid groups (broad SMARTS) is 1. The number of likely N-dealkylation sites (N-methyl/N-ethyl adjacent to an activating group) is 1. The first kappa shape index (κ1) is 16.7. The molecule has 0 aliphatic rings. The average Bonchev–Trinajstić information content (AvgIpc) is 2.35. The Labute approximate surface area is 117 Å². The Morgan fingerprint density at radius 2 is 1.86 bits per heavy atom. The van der Waals surface area contributed by atoms with Crippen molar-refractivity contribution in [2.75, 3.05) is 11.9 Å². The second-order valence-electron chi connectivity index (χ2n) is 4.88. The van der Waals surface area contributed by atoms with Crippen LogP contribution in [0.15, 0.2) is 18.2 Å². The molecule has 1 aromatic rings. The molecule has 6 nitrogen and oxygen atoms in total. The van der Waals surface area contributed by atoms with Crippen LogP contribution in [0.25, 0.3) is 0 Å². The maximum absolute atomic E-state index is 12.9. The standard InChI is InChI=1S/C12H13F3N2O4/c1-11(2,10(18)19)16(3)7-4-5-9(17(20)21)8(6-7)12(13,14)15/h4-6H,1-3H3,(H,18,19). The van der Waals surface area contributed by atoms with Crippen LogP contribution in [0.2, 0.25) is 0 Å². The Morgan fingerprint density at radius 1 is 1.33 bits per heavy atom. The second kappa shape index (κ2) is 5.23. The number of alkyl halides is 3. The molecular formula is C12H13F3N2O4. The minimum absolute atomic E-state index is 0.0830. The fraction of sp³-hybridized carbons (Fsp3) is 0.417. The number of hydrogen-bond donors (Lipinski definition) is 1. The van der Waals surface area contributed by atoms with E-state index in [1.54, 1.807) is 0 Å². The van der Waals surface area contributed by atoms with Gasteiger partial charge < -0.3 is 10.0 Å². The van der Waals surface area contributed by atoms with Gasteiger partial charge in [0, 0.05) is 18.8 Å². The molecule has 0 saturated carbocycles. The van der Waals surface area contributed by atoms with Crippen LogP contribution >= 0.6 is 0 Å². The van der Waals surface area contributed by atoms with Crippen molar-refractivity contribution in [1.82, 2.24) is 0 Å². The van der Waals surface area contributed by atoms with Gasteiger partial charge in [-0.05, 0) is 26.0 Å². The molecule has 0 unspecified atom stereocenters. The molecule has 21 heavy (non-hydrogen) atoms. The molecule has 0 radical (unpaired) electrons. The van der Waals surface area contributed by atoms with Crippen LogP contribution in [0.1, 0.15) is 19.4 Å². The number of aliphatic carboxylic acids is 1. The molecule has 1 rings (SSSR count). The number of halogens is 3. The Balaban J connectivity index is 3.42. The van der Waals surface area contributed by atoms with Crippen LogP contribution in [0.5, 0.6) is 0 Å². The summed E-state index contributed by atoms with van der Waals surface area (Å²) in [5.41, 5.74) is -4.05. The Bertz CT molecular complexity index is 584. The Morgan fingerprint density at radius 3 is 2.24 bits per heavy atom. The number of anilines is 1. The average molecular weight is 306 g/mol. The molecule has 0 amide bonds. The highest BCUT2D eigenvalue weighted by Crippen LogP contribution is 2.39. The summed E-state index contributed by atoms with van der Waals surface area (Å²) < 4.78 is 38.6. The third-order valence-electron chi connectivity index (χ3n) is 3.23. The first-order valence-corrected chi connectivity index (χ1v) is 5.72. The van der Waals surface area contributed by atoms with Crippen LogP contribution in [0.4, 0.5) is 24.5 Å². The zero-order valence-electron chi connectivity index (χ0n) is 11.4. The van der Waals surface area contributed by atoms with E-state index in [9.17, 15) is 28.1 Å². The third kappa shape index (κ3) is 3.23. The molecule has 0 heterocycles. The van der Waals surface area contributed by atoms with E-state index in [0.29, 0.717) is 12.1 Å². The molecule has 0 aromatic heterocycles. The minimum atomic E-state index is -4.91. The van der Waals surface area contributed by atoms with Gasteiger partial charge in [0.2, 0.25) is 0 Å². The number of rotatable bonds is 4. The summed E-state index contributed by atoms with van der Waals surface area (Å²) in [4.78, 5) is 21.7.